The molecule has 3 heterocycles. The number of anilines is 1. The summed E-state index contributed by atoms with van der Waals surface area (Å²) in [4.78, 5) is 44.8. The zero-order valence-electron chi connectivity index (χ0n) is 19.1. The molecule has 0 N–H and O–H groups in total. The quantitative estimate of drug-likeness (QED) is 0.341. The van der Waals surface area contributed by atoms with E-state index in [2.05, 4.69) is 0 Å². The largest absolute Gasteiger partial charge is 0.497 e. The molecule has 6 nitrogen and oxygen atoms in total. The number of ether oxygens (including phenoxy) is 1. The first kappa shape index (κ1) is 22.8. The van der Waals surface area contributed by atoms with Crippen LogP contribution in [0.2, 0.25) is 10.0 Å². The minimum Gasteiger partial charge on any atom is -0.497 e. The third kappa shape index (κ3) is 3.36. The Balaban J connectivity index is 1.49. The van der Waals surface area contributed by atoms with Crippen LogP contribution >= 0.6 is 23.2 Å². The van der Waals surface area contributed by atoms with E-state index in [0.29, 0.717) is 27.0 Å². The minimum atomic E-state index is -0.870. The highest BCUT2D eigenvalue weighted by atomic mass is 35.5. The molecular formula is C28H20Cl2N2O4. The van der Waals surface area contributed by atoms with E-state index >= 15 is 0 Å². The summed E-state index contributed by atoms with van der Waals surface area (Å²) in [5, 5.41) is 0.627. The molecule has 4 atom stereocenters. The van der Waals surface area contributed by atoms with Crippen LogP contribution in [0.1, 0.15) is 27.5 Å². The maximum atomic E-state index is 13.9. The molecule has 0 unspecified atom stereocenters. The molecule has 0 aliphatic carbocycles. The van der Waals surface area contributed by atoms with E-state index in [1.54, 1.807) is 37.4 Å². The van der Waals surface area contributed by atoms with Crippen LogP contribution in [0.25, 0.3) is 6.08 Å². The number of hydrogen-bond acceptors (Lipinski definition) is 5. The van der Waals surface area contributed by atoms with Gasteiger partial charge in [0, 0.05) is 21.8 Å². The average Bonchev–Trinajstić information content (AvgIpc) is 3.35. The number of amides is 2. The topological polar surface area (TPSA) is 66.9 Å². The van der Waals surface area contributed by atoms with E-state index in [1.165, 1.54) is 12.1 Å². The predicted octanol–water partition coefficient (Wildman–Crippen LogP) is 5.40. The Kier molecular flexibility index (Phi) is 5.39. The molecule has 0 bridgehead atoms. The molecule has 2 saturated heterocycles. The van der Waals surface area contributed by atoms with Crippen molar-refractivity contribution in [1.29, 1.82) is 0 Å². The Labute approximate surface area is 217 Å². The molecule has 36 heavy (non-hydrogen) atoms. The van der Waals surface area contributed by atoms with Crippen molar-refractivity contribution in [2.24, 2.45) is 11.8 Å². The van der Waals surface area contributed by atoms with Gasteiger partial charge in [0.2, 0.25) is 11.8 Å². The number of Topliss-reactive ketones (excluding diaryl/α,β-unsaturated/α-hetero) is 1. The molecule has 3 aliphatic rings. The van der Waals surface area contributed by atoms with E-state index in [4.69, 9.17) is 27.9 Å². The van der Waals surface area contributed by atoms with Crippen molar-refractivity contribution in [3.05, 3.63) is 99.7 Å². The van der Waals surface area contributed by atoms with Gasteiger partial charge in [-0.1, -0.05) is 47.5 Å². The Bertz CT molecular complexity index is 1430. The van der Waals surface area contributed by atoms with Gasteiger partial charge in [0.05, 0.1) is 30.7 Å². The summed E-state index contributed by atoms with van der Waals surface area (Å²) in [7, 11) is 1.55. The zero-order chi connectivity index (χ0) is 25.1. The van der Waals surface area contributed by atoms with Crippen molar-refractivity contribution in [3.8, 4) is 5.75 Å². The van der Waals surface area contributed by atoms with Crippen molar-refractivity contribution in [2.45, 2.75) is 12.1 Å². The number of nitrogens with zero attached hydrogens (tertiary/aromatic N) is 2. The van der Waals surface area contributed by atoms with Gasteiger partial charge in [-0.2, -0.15) is 0 Å². The van der Waals surface area contributed by atoms with Crippen molar-refractivity contribution >= 4 is 52.6 Å². The second-order valence-corrected chi connectivity index (χ2v) is 9.94. The number of halogens is 2. The van der Waals surface area contributed by atoms with Crippen molar-refractivity contribution < 1.29 is 19.1 Å². The highest BCUT2D eigenvalue weighted by Gasteiger charge is 2.64. The maximum absolute atomic E-state index is 13.9. The fraction of sp³-hybridized carbons (Fsp3) is 0.179. The second-order valence-electron chi connectivity index (χ2n) is 9.07. The number of rotatable bonds is 4. The van der Waals surface area contributed by atoms with Gasteiger partial charge >= 0.3 is 0 Å². The molecule has 3 aliphatic heterocycles. The number of ketones is 1. The summed E-state index contributed by atoms with van der Waals surface area (Å²) in [6.07, 6.45) is 3.75. The summed E-state index contributed by atoms with van der Waals surface area (Å²) in [6.45, 7) is 0. The van der Waals surface area contributed by atoms with Crippen LogP contribution in [0.15, 0.2) is 72.9 Å². The van der Waals surface area contributed by atoms with Gasteiger partial charge in [-0.05, 0) is 59.7 Å². The lowest BCUT2D eigenvalue weighted by Gasteiger charge is -2.35. The molecule has 6 rings (SSSR count). The number of carbonyl (C=O) groups excluding carboxylic acids is 3. The molecule has 0 saturated carbocycles. The van der Waals surface area contributed by atoms with Gasteiger partial charge in [0.25, 0.3) is 0 Å². The normalized spacial score (nSPS) is 24.0. The number of hydrogen-bond donors (Lipinski definition) is 0. The highest BCUT2D eigenvalue weighted by molar-refractivity contribution is 6.36. The van der Waals surface area contributed by atoms with Gasteiger partial charge in [-0.15, -0.1) is 0 Å². The number of imide groups is 1. The molecule has 2 fully saturated rings. The monoisotopic (exact) mass is 518 g/mol. The van der Waals surface area contributed by atoms with Crippen LogP contribution in [0.4, 0.5) is 5.69 Å². The number of methoxy groups -OCH3 is 1. The van der Waals surface area contributed by atoms with Crippen molar-refractivity contribution in [3.63, 3.8) is 0 Å². The molecule has 3 aromatic carbocycles. The molecular weight excluding hydrogens is 499 g/mol. The van der Waals surface area contributed by atoms with E-state index < -0.39 is 29.8 Å². The predicted molar refractivity (Wildman–Crippen MR) is 137 cm³/mol. The van der Waals surface area contributed by atoms with Gasteiger partial charge < -0.3 is 9.64 Å². The van der Waals surface area contributed by atoms with Gasteiger partial charge in [-0.3, -0.25) is 14.4 Å². The standard InChI is InChI=1S/C28H20Cl2N2O4/c1-36-20-8-6-16(7-9-20)26(33)25-23-22(24-21-5-3-2-4-15(21)10-11-31(24)25)27(34)32(28(23)35)19-13-17(29)12-18(30)14-19/h2-14,22-25H,1H3/t22-,23+,24+,25-/m0/s1. The first-order valence-corrected chi connectivity index (χ1v) is 12.2. The van der Waals surface area contributed by atoms with E-state index in [-0.39, 0.29) is 11.7 Å². The van der Waals surface area contributed by atoms with Crippen molar-refractivity contribution in [1.82, 2.24) is 4.90 Å². The summed E-state index contributed by atoms with van der Waals surface area (Å²) < 4.78 is 5.22. The summed E-state index contributed by atoms with van der Waals surface area (Å²) in [5.74, 6) is -2.02. The highest BCUT2D eigenvalue weighted by Crippen LogP contribution is 2.54. The summed E-state index contributed by atoms with van der Waals surface area (Å²) in [6, 6.07) is 17.8. The fourth-order valence-electron chi connectivity index (χ4n) is 5.71. The Hall–Kier alpha value is -3.61. The Morgan fingerprint density at radius 1 is 0.889 bits per heavy atom. The third-order valence-electron chi connectivity index (χ3n) is 7.21. The van der Waals surface area contributed by atoms with Crippen molar-refractivity contribution in [2.75, 3.05) is 12.0 Å². The number of fused-ring (bicyclic) bond motifs is 5. The van der Waals surface area contributed by atoms with Crippen LogP contribution in [-0.4, -0.2) is 35.6 Å². The lowest BCUT2D eigenvalue weighted by Crippen LogP contribution is -2.44. The Morgan fingerprint density at radius 3 is 2.25 bits per heavy atom. The van der Waals surface area contributed by atoms with Crippen LogP contribution in [0.5, 0.6) is 5.75 Å². The van der Waals surface area contributed by atoms with Crippen LogP contribution in [0, 0.1) is 11.8 Å². The molecule has 0 radical (unpaired) electrons. The maximum Gasteiger partial charge on any atom is 0.240 e. The zero-order valence-corrected chi connectivity index (χ0v) is 20.6. The SMILES string of the molecule is COc1ccc(C(=O)[C@@H]2[C@@H]3C(=O)N(c4cc(Cl)cc(Cl)c4)C(=O)[C@@H]3[C@H]3c4ccccc4C=CN23)cc1. The lowest BCUT2D eigenvalue weighted by molar-refractivity contribution is -0.123. The fourth-order valence-corrected chi connectivity index (χ4v) is 6.22. The van der Waals surface area contributed by atoms with Crippen LogP contribution in [0.3, 0.4) is 0 Å². The third-order valence-corrected chi connectivity index (χ3v) is 7.65. The van der Waals surface area contributed by atoms with E-state index in [9.17, 15) is 14.4 Å². The molecule has 8 heteroatoms. The van der Waals surface area contributed by atoms with E-state index in [1.807, 2.05) is 41.4 Å². The van der Waals surface area contributed by atoms with E-state index in [0.717, 1.165) is 16.0 Å². The summed E-state index contributed by atoms with van der Waals surface area (Å²) in [5.41, 5.74) is 2.61. The van der Waals surface area contributed by atoms with Gasteiger partial charge in [0.1, 0.15) is 11.8 Å². The molecule has 180 valence electrons. The molecule has 0 aromatic heterocycles. The summed E-state index contributed by atoms with van der Waals surface area (Å²) >= 11 is 12.4. The van der Waals surface area contributed by atoms with Gasteiger partial charge in [-0.25, -0.2) is 4.90 Å². The number of benzene rings is 3. The Morgan fingerprint density at radius 2 is 1.56 bits per heavy atom. The average molecular weight is 519 g/mol. The van der Waals surface area contributed by atoms with Crippen LogP contribution < -0.4 is 9.64 Å². The van der Waals surface area contributed by atoms with Gasteiger partial charge in [0.15, 0.2) is 5.78 Å². The smallest absolute Gasteiger partial charge is 0.240 e. The number of carbonyl (C=O) groups is 3. The first-order valence-electron chi connectivity index (χ1n) is 11.5. The van der Waals surface area contributed by atoms with Crippen LogP contribution in [-0.2, 0) is 9.59 Å². The molecule has 3 aromatic rings. The first-order chi connectivity index (χ1) is 17.4. The second kappa shape index (κ2) is 8.50. The lowest BCUT2D eigenvalue weighted by atomic mass is 9.83. The minimum absolute atomic E-state index is 0.230. The molecule has 2 amide bonds. The molecule has 0 spiro atoms.